The van der Waals surface area contributed by atoms with Crippen LogP contribution in [-0.4, -0.2) is 47.9 Å². The smallest absolute Gasteiger partial charge is 0.244 e. The number of hydrogen-bond acceptors (Lipinski definition) is 4. The SMILES string of the molecule is CC(C)N(CC1CCCN1)C1CC(=O)NC1=O. The van der Waals surface area contributed by atoms with Crippen LogP contribution in [0.1, 0.15) is 33.1 Å². The molecule has 2 fully saturated rings. The lowest BCUT2D eigenvalue weighted by molar-refractivity contribution is -0.126. The number of rotatable bonds is 4. The van der Waals surface area contributed by atoms with Crippen LogP contribution in [-0.2, 0) is 9.59 Å². The van der Waals surface area contributed by atoms with E-state index in [0.717, 1.165) is 19.5 Å². The minimum absolute atomic E-state index is 0.137. The third-order valence-corrected chi connectivity index (χ3v) is 3.60. The van der Waals surface area contributed by atoms with E-state index in [-0.39, 0.29) is 23.9 Å². The fourth-order valence-electron chi connectivity index (χ4n) is 2.67. The number of carbonyl (C=O) groups is 2. The van der Waals surface area contributed by atoms with Crippen LogP contribution >= 0.6 is 0 Å². The van der Waals surface area contributed by atoms with Crippen LogP contribution in [0.25, 0.3) is 0 Å². The highest BCUT2D eigenvalue weighted by atomic mass is 16.2. The Bertz CT molecular complexity index is 311. The van der Waals surface area contributed by atoms with Crippen molar-refractivity contribution in [1.29, 1.82) is 0 Å². The van der Waals surface area contributed by atoms with Crippen molar-refractivity contribution in [2.24, 2.45) is 0 Å². The molecule has 0 aromatic heterocycles. The number of carbonyl (C=O) groups excluding carboxylic acids is 2. The van der Waals surface area contributed by atoms with E-state index in [0.29, 0.717) is 12.5 Å². The second-order valence-electron chi connectivity index (χ2n) is 5.22. The van der Waals surface area contributed by atoms with Gasteiger partial charge in [-0.15, -0.1) is 0 Å². The molecule has 2 saturated heterocycles. The Labute approximate surface area is 102 Å². The van der Waals surface area contributed by atoms with Crippen LogP contribution in [0.5, 0.6) is 0 Å². The van der Waals surface area contributed by atoms with E-state index in [1.807, 2.05) is 0 Å². The predicted molar refractivity (Wildman–Crippen MR) is 64.4 cm³/mol. The number of amides is 2. The summed E-state index contributed by atoms with van der Waals surface area (Å²) in [7, 11) is 0. The molecule has 2 amide bonds. The molecule has 0 aliphatic carbocycles. The minimum atomic E-state index is -0.273. The third-order valence-electron chi connectivity index (χ3n) is 3.60. The molecule has 5 heteroatoms. The summed E-state index contributed by atoms with van der Waals surface area (Å²) in [6, 6.07) is 0.463. The Morgan fingerprint density at radius 1 is 1.41 bits per heavy atom. The van der Waals surface area contributed by atoms with Crippen molar-refractivity contribution < 1.29 is 9.59 Å². The highest BCUT2D eigenvalue weighted by Crippen LogP contribution is 2.17. The van der Waals surface area contributed by atoms with Crippen LogP contribution in [0.2, 0.25) is 0 Å². The normalized spacial score (nSPS) is 29.4. The lowest BCUT2D eigenvalue weighted by Crippen LogP contribution is -2.49. The number of nitrogens with one attached hydrogen (secondary N) is 2. The molecule has 2 unspecified atom stereocenters. The van der Waals surface area contributed by atoms with Gasteiger partial charge in [0.25, 0.3) is 0 Å². The molecule has 2 aliphatic heterocycles. The third kappa shape index (κ3) is 2.84. The van der Waals surface area contributed by atoms with Gasteiger partial charge in [-0.1, -0.05) is 0 Å². The molecular formula is C12H21N3O2. The second-order valence-corrected chi connectivity index (χ2v) is 5.22. The van der Waals surface area contributed by atoms with Gasteiger partial charge in [0.05, 0.1) is 12.5 Å². The summed E-state index contributed by atoms with van der Waals surface area (Å²) in [5.41, 5.74) is 0. The molecule has 17 heavy (non-hydrogen) atoms. The highest BCUT2D eigenvalue weighted by Gasteiger charge is 2.37. The van der Waals surface area contributed by atoms with Crippen LogP contribution < -0.4 is 10.6 Å². The molecular weight excluding hydrogens is 218 g/mol. The molecule has 0 radical (unpaired) electrons. The zero-order valence-electron chi connectivity index (χ0n) is 10.5. The number of hydrogen-bond donors (Lipinski definition) is 2. The minimum Gasteiger partial charge on any atom is -0.313 e. The van der Waals surface area contributed by atoms with Crippen molar-refractivity contribution >= 4 is 11.8 Å². The lowest BCUT2D eigenvalue weighted by atomic mass is 10.1. The van der Waals surface area contributed by atoms with Gasteiger partial charge in [-0.2, -0.15) is 0 Å². The Balaban J connectivity index is 2.01. The first-order valence-electron chi connectivity index (χ1n) is 6.40. The van der Waals surface area contributed by atoms with Gasteiger partial charge in [-0.25, -0.2) is 0 Å². The van der Waals surface area contributed by atoms with E-state index in [9.17, 15) is 9.59 Å². The van der Waals surface area contributed by atoms with E-state index < -0.39 is 0 Å². The molecule has 2 rings (SSSR count). The first-order chi connectivity index (χ1) is 8.08. The summed E-state index contributed by atoms with van der Waals surface area (Å²) in [6.45, 7) is 6.06. The maximum absolute atomic E-state index is 11.7. The lowest BCUT2D eigenvalue weighted by Gasteiger charge is -2.32. The Kier molecular flexibility index (Phi) is 3.79. The molecule has 2 heterocycles. The van der Waals surface area contributed by atoms with Crippen molar-refractivity contribution in [1.82, 2.24) is 15.5 Å². The van der Waals surface area contributed by atoms with Crippen LogP contribution in [0, 0.1) is 0 Å². The van der Waals surface area contributed by atoms with Gasteiger partial charge < -0.3 is 5.32 Å². The van der Waals surface area contributed by atoms with Crippen molar-refractivity contribution in [3.05, 3.63) is 0 Å². The van der Waals surface area contributed by atoms with Gasteiger partial charge >= 0.3 is 0 Å². The summed E-state index contributed by atoms with van der Waals surface area (Å²) < 4.78 is 0. The predicted octanol–water partition coefficient (Wildman–Crippen LogP) is -0.136. The number of imide groups is 1. The van der Waals surface area contributed by atoms with Crippen LogP contribution in [0.15, 0.2) is 0 Å². The average Bonchev–Trinajstić information content (AvgIpc) is 2.84. The van der Waals surface area contributed by atoms with Gasteiger partial charge in [-0.3, -0.25) is 19.8 Å². The first kappa shape index (κ1) is 12.5. The Hall–Kier alpha value is -0.940. The van der Waals surface area contributed by atoms with Crippen molar-refractivity contribution in [2.45, 2.75) is 51.2 Å². The molecule has 5 nitrogen and oxygen atoms in total. The fourth-order valence-corrected chi connectivity index (χ4v) is 2.67. The van der Waals surface area contributed by atoms with E-state index in [1.54, 1.807) is 0 Å². The Morgan fingerprint density at radius 2 is 2.18 bits per heavy atom. The number of nitrogens with zero attached hydrogens (tertiary/aromatic N) is 1. The van der Waals surface area contributed by atoms with Crippen LogP contribution in [0.4, 0.5) is 0 Å². The molecule has 0 saturated carbocycles. The van der Waals surface area contributed by atoms with Crippen LogP contribution in [0.3, 0.4) is 0 Å². The van der Waals surface area contributed by atoms with Crippen molar-refractivity contribution in [3.63, 3.8) is 0 Å². The molecule has 96 valence electrons. The molecule has 2 aliphatic rings. The van der Waals surface area contributed by atoms with E-state index in [1.165, 1.54) is 6.42 Å². The van der Waals surface area contributed by atoms with E-state index in [2.05, 4.69) is 29.4 Å². The topological polar surface area (TPSA) is 61.4 Å². The average molecular weight is 239 g/mol. The molecule has 0 spiro atoms. The molecule has 0 aromatic rings. The van der Waals surface area contributed by atoms with E-state index in [4.69, 9.17) is 0 Å². The largest absolute Gasteiger partial charge is 0.313 e. The quantitative estimate of drug-likeness (QED) is 0.671. The summed E-state index contributed by atoms with van der Waals surface area (Å²) in [4.78, 5) is 25.1. The zero-order chi connectivity index (χ0) is 12.4. The summed E-state index contributed by atoms with van der Waals surface area (Å²) in [5.74, 6) is -0.285. The summed E-state index contributed by atoms with van der Waals surface area (Å²) in [5, 5.41) is 5.82. The van der Waals surface area contributed by atoms with E-state index >= 15 is 0 Å². The van der Waals surface area contributed by atoms with Gasteiger partial charge in [0.2, 0.25) is 11.8 Å². The molecule has 0 aromatic carbocycles. The summed E-state index contributed by atoms with van der Waals surface area (Å²) >= 11 is 0. The van der Waals surface area contributed by atoms with Crippen molar-refractivity contribution in [3.8, 4) is 0 Å². The maximum Gasteiger partial charge on any atom is 0.244 e. The molecule has 2 N–H and O–H groups in total. The van der Waals surface area contributed by atoms with Gasteiger partial charge in [0.15, 0.2) is 0 Å². The molecule has 0 bridgehead atoms. The van der Waals surface area contributed by atoms with Crippen molar-refractivity contribution in [2.75, 3.05) is 13.1 Å². The Morgan fingerprint density at radius 3 is 2.65 bits per heavy atom. The molecule has 2 atom stereocenters. The standard InChI is InChI=1S/C12H21N3O2/c1-8(2)15(7-9-4-3-5-13-9)10-6-11(16)14-12(10)17/h8-10,13H,3-7H2,1-2H3,(H,14,16,17). The zero-order valence-corrected chi connectivity index (χ0v) is 10.5. The van der Waals surface area contributed by atoms with Gasteiger partial charge in [0, 0.05) is 18.6 Å². The monoisotopic (exact) mass is 239 g/mol. The fraction of sp³-hybridized carbons (Fsp3) is 0.833. The first-order valence-corrected chi connectivity index (χ1v) is 6.40. The van der Waals surface area contributed by atoms with Gasteiger partial charge in [0.1, 0.15) is 0 Å². The van der Waals surface area contributed by atoms with Gasteiger partial charge in [-0.05, 0) is 33.2 Å². The highest BCUT2D eigenvalue weighted by molar-refractivity contribution is 6.05. The second kappa shape index (κ2) is 5.14. The maximum atomic E-state index is 11.7. The summed E-state index contributed by atoms with van der Waals surface area (Å²) in [6.07, 6.45) is 2.67.